The van der Waals surface area contributed by atoms with Gasteiger partial charge in [-0.05, 0) is 31.7 Å². The quantitative estimate of drug-likeness (QED) is 0.771. The van der Waals surface area contributed by atoms with E-state index in [1.54, 1.807) is 0 Å². The average Bonchev–Trinajstić information content (AvgIpc) is 2.89. The van der Waals surface area contributed by atoms with Crippen LogP contribution in [-0.2, 0) is 12.1 Å². The molecule has 0 amide bonds. The normalized spacial score (nSPS) is 30.4. The van der Waals surface area contributed by atoms with E-state index in [0.29, 0.717) is 5.84 Å². The molecule has 2 N–H and O–H groups in total. The monoisotopic (exact) mass is 267 g/mol. The molecule has 0 bridgehead atoms. The number of hydrogen-bond acceptors (Lipinski definition) is 3. The molecule has 1 fully saturated rings. The Hall–Kier alpha value is -1.64. The first kappa shape index (κ1) is 12.1. The Morgan fingerprint density at radius 1 is 1.05 bits per heavy atom. The predicted octanol–water partition coefficient (Wildman–Crippen LogP) is 3.18. The number of nitrogens with zero attached hydrogens (tertiary/aromatic N) is 2. The van der Waals surface area contributed by atoms with Gasteiger partial charge in [-0.25, -0.2) is 4.99 Å². The van der Waals surface area contributed by atoms with Crippen molar-refractivity contribution in [2.45, 2.75) is 51.1 Å². The molecule has 3 heteroatoms. The Balaban J connectivity index is 1.96. The molecule has 0 radical (unpaired) electrons. The van der Waals surface area contributed by atoms with Crippen LogP contribution in [0.15, 0.2) is 34.3 Å². The van der Waals surface area contributed by atoms with Gasteiger partial charge in [0.15, 0.2) is 5.66 Å². The highest BCUT2D eigenvalue weighted by molar-refractivity contribution is 6.41. The van der Waals surface area contributed by atoms with Crippen molar-refractivity contribution in [3.05, 3.63) is 35.4 Å². The first-order valence-electron chi connectivity index (χ1n) is 7.67. The second kappa shape index (κ2) is 3.94. The molecule has 1 aromatic carbocycles. The fourth-order valence-electron chi connectivity index (χ4n) is 4.48. The fraction of sp³-hybridized carbons (Fsp3) is 0.529. The summed E-state index contributed by atoms with van der Waals surface area (Å²) in [4.78, 5) is 9.92. The van der Waals surface area contributed by atoms with Crippen molar-refractivity contribution in [1.82, 2.24) is 0 Å². The summed E-state index contributed by atoms with van der Waals surface area (Å²) in [6.07, 6.45) is 7.47. The van der Waals surface area contributed by atoms with Crippen molar-refractivity contribution in [3.8, 4) is 0 Å². The van der Waals surface area contributed by atoms with Crippen molar-refractivity contribution in [2.75, 3.05) is 0 Å². The minimum atomic E-state index is -0.418. The Bertz CT molecular complexity index is 603. The van der Waals surface area contributed by atoms with Crippen LogP contribution in [0.2, 0.25) is 0 Å². The lowest BCUT2D eigenvalue weighted by Gasteiger charge is -2.42. The first-order chi connectivity index (χ1) is 9.67. The van der Waals surface area contributed by atoms with Crippen LogP contribution < -0.4 is 5.73 Å². The molecule has 3 aliphatic rings. The van der Waals surface area contributed by atoms with Gasteiger partial charge in [0.25, 0.3) is 0 Å². The lowest BCUT2D eigenvalue weighted by atomic mass is 9.66. The van der Waals surface area contributed by atoms with Crippen molar-refractivity contribution >= 4 is 11.5 Å². The lowest BCUT2D eigenvalue weighted by molar-refractivity contribution is 0.0932. The highest BCUT2D eigenvalue weighted by atomic mass is 15.2. The summed E-state index contributed by atoms with van der Waals surface area (Å²) in [5, 5.41) is 0. The first-order valence-corrected chi connectivity index (χ1v) is 7.67. The number of fused-ring (bicyclic) bond motifs is 3. The molecule has 104 valence electrons. The van der Waals surface area contributed by atoms with Crippen LogP contribution >= 0.6 is 0 Å². The van der Waals surface area contributed by atoms with E-state index in [2.05, 4.69) is 24.3 Å². The van der Waals surface area contributed by atoms with Crippen LogP contribution in [0.3, 0.4) is 0 Å². The van der Waals surface area contributed by atoms with Crippen molar-refractivity contribution in [2.24, 2.45) is 21.1 Å². The molecule has 1 aromatic rings. The maximum Gasteiger partial charge on any atom is 0.184 e. The third-order valence-corrected chi connectivity index (χ3v) is 5.45. The van der Waals surface area contributed by atoms with E-state index < -0.39 is 5.66 Å². The highest BCUT2D eigenvalue weighted by Crippen LogP contribution is 2.61. The number of aliphatic imine (C=N–C) groups is 2. The molecular formula is C17H21N3. The molecule has 2 spiro atoms. The average molecular weight is 267 g/mol. The van der Waals surface area contributed by atoms with Gasteiger partial charge in [-0.2, -0.15) is 0 Å². The number of benzene rings is 1. The smallest absolute Gasteiger partial charge is 0.184 e. The minimum Gasteiger partial charge on any atom is -0.382 e. The van der Waals surface area contributed by atoms with Crippen LogP contribution in [0, 0.1) is 5.41 Å². The predicted molar refractivity (Wildman–Crippen MR) is 82.1 cm³/mol. The lowest BCUT2D eigenvalue weighted by Crippen LogP contribution is -2.41. The summed E-state index contributed by atoms with van der Waals surface area (Å²) in [6, 6.07) is 8.69. The topological polar surface area (TPSA) is 50.7 Å². The van der Waals surface area contributed by atoms with Gasteiger partial charge < -0.3 is 5.73 Å². The van der Waals surface area contributed by atoms with E-state index in [1.165, 1.54) is 43.2 Å². The van der Waals surface area contributed by atoms with Crippen molar-refractivity contribution < 1.29 is 0 Å². The maximum absolute atomic E-state index is 6.10. The molecule has 1 aliphatic heterocycles. The molecule has 3 nitrogen and oxygen atoms in total. The van der Waals surface area contributed by atoms with Gasteiger partial charge >= 0.3 is 0 Å². The Labute approximate surface area is 120 Å². The van der Waals surface area contributed by atoms with Crippen LogP contribution in [0.25, 0.3) is 0 Å². The summed E-state index contributed by atoms with van der Waals surface area (Å²) < 4.78 is 0. The minimum absolute atomic E-state index is 0.164. The van der Waals surface area contributed by atoms with Gasteiger partial charge in [0.2, 0.25) is 0 Å². The second-order valence-electron chi connectivity index (χ2n) is 6.54. The second-order valence-corrected chi connectivity index (χ2v) is 6.54. The maximum atomic E-state index is 6.10. The number of nitrogens with two attached hydrogens (primary N) is 1. The molecule has 20 heavy (non-hydrogen) atoms. The number of amidine groups is 1. The largest absolute Gasteiger partial charge is 0.382 e. The van der Waals surface area contributed by atoms with Gasteiger partial charge in [-0.3, -0.25) is 4.99 Å². The number of hydrogen-bond donors (Lipinski definition) is 1. The van der Waals surface area contributed by atoms with Gasteiger partial charge in [0.05, 0.1) is 5.71 Å². The Morgan fingerprint density at radius 2 is 1.80 bits per heavy atom. The van der Waals surface area contributed by atoms with E-state index >= 15 is 0 Å². The van der Waals surface area contributed by atoms with Crippen LogP contribution in [-0.4, -0.2) is 11.5 Å². The van der Waals surface area contributed by atoms with E-state index in [0.717, 1.165) is 12.1 Å². The highest BCUT2D eigenvalue weighted by Gasteiger charge is 2.59. The van der Waals surface area contributed by atoms with Crippen molar-refractivity contribution in [3.63, 3.8) is 0 Å². The zero-order chi connectivity index (χ0) is 13.8. The van der Waals surface area contributed by atoms with Gasteiger partial charge in [-0.1, -0.05) is 43.5 Å². The summed E-state index contributed by atoms with van der Waals surface area (Å²) >= 11 is 0. The fourth-order valence-corrected chi connectivity index (χ4v) is 4.48. The van der Waals surface area contributed by atoms with Crippen LogP contribution in [0.1, 0.15) is 50.2 Å². The van der Waals surface area contributed by atoms with E-state index in [4.69, 9.17) is 15.7 Å². The summed E-state index contributed by atoms with van der Waals surface area (Å²) in [5.41, 5.74) is 9.47. The molecule has 0 saturated heterocycles. The van der Waals surface area contributed by atoms with Crippen molar-refractivity contribution in [1.29, 1.82) is 0 Å². The molecule has 1 saturated carbocycles. The third kappa shape index (κ3) is 1.36. The van der Waals surface area contributed by atoms with Crippen LogP contribution in [0.4, 0.5) is 0 Å². The Kier molecular flexibility index (Phi) is 2.39. The third-order valence-electron chi connectivity index (χ3n) is 5.45. The molecule has 4 rings (SSSR count). The van der Waals surface area contributed by atoms with Gasteiger partial charge in [-0.15, -0.1) is 0 Å². The molecule has 1 heterocycles. The van der Waals surface area contributed by atoms with E-state index in [-0.39, 0.29) is 5.41 Å². The summed E-state index contributed by atoms with van der Waals surface area (Å²) in [7, 11) is 0. The van der Waals surface area contributed by atoms with E-state index in [1.807, 2.05) is 6.92 Å². The van der Waals surface area contributed by atoms with Gasteiger partial charge in [0.1, 0.15) is 5.84 Å². The zero-order valence-electron chi connectivity index (χ0n) is 12.0. The SMILES string of the molecule is CC1=NC2(N=C1N)c1ccccc1CC21CCCCC1. The molecular weight excluding hydrogens is 246 g/mol. The standard InChI is InChI=1S/C17H21N3/c1-12-15(18)20-17(19-12)14-8-4-3-7-13(14)11-16(17)9-5-2-6-10-16/h3-4,7-8H,2,5-6,9-11H2,1H3,(H2,18,20). The van der Waals surface area contributed by atoms with E-state index in [9.17, 15) is 0 Å². The van der Waals surface area contributed by atoms with Gasteiger partial charge in [0, 0.05) is 11.0 Å². The summed E-state index contributed by atoms with van der Waals surface area (Å²) in [6.45, 7) is 1.99. The molecule has 2 aliphatic carbocycles. The Morgan fingerprint density at radius 3 is 2.50 bits per heavy atom. The molecule has 1 atom stereocenters. The molecule has 1 unspecified atom stereocenters. The molecule has 0 aromatic heterocycles. The number of rotatable bonds is 0. The summed E-state index contributed by atoms with van der Waals surface area (Å²) in [5.74, 6) is 0.631. The zero-order valence-corrected chi connectivity index (χ0v) is 12.0. The van der Waals surface area contributed by atoms with Crippen LogP contribution in [0.5, 0.6) is 0 Å².